The van der Waals surface area contributed by atoms with E-state index in [1.165, 1.54) is 0 Å². The first-order chi connectivity index (χ1) is 12.6. The first-order valence-electron chi connectivity index (χ1n) is 10.0. The second-order valence-electron chi connectivity index (χ2n) is 9.32. The highest BCUT2D eigenvalue weighted by molar-refractivity contribution is 9.09. The van der Waals surface area contributed by atoms with Crippen LogP contribution in [0, 0.1) is 0 Å². The average Bonchev–Trinajstić information content (AvgIpc) is 3.03. The summed E-state index contributed by atoms with van der Waals surface area (Å²) >= 11 is 5.35. The van der Waals surface area contributed by atoms with Crippen molar-refractivity contribution in [3.8, 4) is 0 Å². The number of rotatable bonds is 4. The smallest absolute Gasteiger partial charge is 0.192 e. The maximum atomic E-state index is 13.6. The van der Waals surface area contributed by atoms with Crippen LogP contribution in [-0.4, -0.2) is 50.2 Å². The van der Waals surface area contributed by atoms with Crippen molar-refractivity contribution in [2.24, 2.45) is 0 Å². The summed E-state index contributed by atoms with van der Waals surface area (Å²) < 4.78 is 20.3. The minimum absolute atomic E-state index is 0.0607. The zero-order chi connectivity index (χ0) is 19.8. The molecule has 1 aromatic rings. The van der Waals surface area contributed by atoms with Crippen LogP contribution in [0.15, 0.2) is 6.20 Å². The monoisotopic (exact) mass is 477 g/mol. The molecule has 0 bridgehead atoms. The summed E-state index contributed by atoms with van der Waals surface area (Å²) in [6.45, 7) is 14.3. The van der Waals surface area contributed by atoms with Gasteiger partial charge in [0.1, 0.15) is 11.2 Å². The van der Waals surface area contributed by atoms with Gasteiger partial charge in [0.2, 0.25) is 0 Å². The van der Waals surface area contributed by atoms with E-state index >= 15 is 0 Å². The van der Waals surface area contributed by atoms with E-state index in [0.717, 1.165) is 42.6 Å². The standard InChI is InChI=1S/C19H33BrFN3OSSi/c1-19(2,3)27(4,5)25-15-7-6-9-23(13-15)18-22-12-17(26-18)24-10-8-14(21)11-16(24)20/h12,14-16H,6-11,13H2,1-5H3. The van der Waals surface area contributed by atoms with Gasteiger partial charge in [-0.1, -0.05) is 48.0 Å². The van der Waals surface area contributed by atoms with Crippen LogP contribution in [0.4, 0.5) is 14.5 Å². The van der Waals surface area contributed by atoms with E-state index in [1.807, 2.05) is 6.20 Å². The quantitative estimate of drug-likeness (QED) is 0.311. The van der Waals surface area contributed by atoms with Gasteiger partial charge >= 0.3 is 0 Å². The molecule has 2 saturated heterocycles. The Morgan fingerprint density at radius 3 is 2.70 bits per heavy atom. The molecule has 0 spiro atoms. The number of nitrogens with zero attached hydrogens (tertiary/aromatic N) is 3. The summed E-state index contributed by atoms with van der Waals surface area (Å²) in [5.74, 6) is 0. The predicted molar refractivity (Wildman–Crippen MR) is 120 cm³/mol. The fourth-order valence-corrected chi connectivity index (χ4v) is 6.84. The van der Waals surface area contributed by atoms with Crippen molar-refractivity contribution >= 4 is 45.7 Å². The van der Waals surface area contributed by atoms with Crippen molar-refractivity contribution in [2.45, 2.75) is 81.8 Å². The Morgan fingerprint density at radius 1 is 1.30 bits per heavy atom. The first-order valence-corrected chi connectivity index (χ1v) is 14.6. The summed E-state index contributed by atoms with van der Waals surface area (Å²) in [7, 11) is -1.75. The molecule has 0 saturated carbocycles. The highest BCUT2D eigenvalue weighted by Crippen LogP contribution is 2.40. The first kappa shape index (κ1) is 21.5. The zero-order valence-corrected chi connectivity index (χ0v) is 20.6. The lowest BCUT2D eigenvalue weighted by Gasteiger charge is -2.42. The molecule has 1 aromatic heterocycles. The predicted octanol–water partition coefficient (Wildman–Crippen LogP) is 5.79. The van der Waals surface area contributed by atoms with Crippen LogP contribution in [0.5, 0.6) is 0 Å². The topological polar surface area (TPSA) is 28.6 Å². The molecule has 2 aliphatic heterocycles. The third-order valence-corrected chi connectivity index (χ3v) is 12.7. The molecule has 3 heterocycles. The highest BCUT2D eigenvalue weighted by Gasteiger charge is 2.40. The molecule has 0 N–H and O–H groups in total. The van der Waals surface area contributed by atoms with E-state index in [9.17, 15) is 4.39 Å². The fraction of sp³-hybridized carbons (Fsp3) is 0.842. The molecule has 3 unspecified atom stereocenters. The second kappa shape index (κ2) is 8.28. The Labute approximate surface area is 176 Å². The van der Waals surface area contributed by atoms with Crippen molar-refractivity contribution in [3.05, 3.63) is 6.20 Å². The lowest BCUT2D eigenvalue weighted by atomic mass is 10.1. The van der Waals surface area contributed by atoms with E-state index in [2.05, 4.69) is 59.6 Å². The van der Waals surface area contributed by atoms with E-state index in [0.29, 0.717) is 12.8 Å². The molecular weight excluding hydrogens is 445 g/mol. The number of hydrogen-bond acceptors (Lipinski definition) is 5. The number of hydrogen-bond donors (Lipinski definition) is 0. The number of thiazole rings is 1. The van der Waals surface area contributed by atoms with Gasteiger partial charge in [0.25, 0.3) is 0 Å². The van der Waals surface area contributed by atoms with Crippen molar-refractivity contribution in [1.29, 1.82) is 0 Å². The summed E-state index contributed by atoms with van der Waals surface area (Å²) in [4.78, 5) is 9.37. The normalized spacial score (nSPS) is 27.9. The van der Waals surface area contributed by atoms with E-state index < -0.39 is 14.5 Å². The van der Waals surface area contributed by atoms with Crippen molar-refractivity contribution in [1.82, 2.24) is 4.98 Å². The van der Waals surface area contributed by atoms with Gasteiger partial charge in [-0.05, 0) is 37.4 Å². The molecule has 4 nitrogen and oxygen atoms in total. The number of alkyl halides is 2. The second-order valence-corrected chi connectivity index (χ2v) is 16.1. The Hall–Kier alpha value is -0.183. The van der Waals surface area contributed by atoms with Crippen LogP contribution in [0.25, 0.3) is 0 Å². The highest BCUT2D eigenvalue weighted by atomic mass is 79.9. The molecule has 8 heteroatoms. The Morgan fingerprint density at radius 2 is 2.04 bits per heavy atom. The molecule has 2 fully saturated rings. The molecule has 27 heavy (non-hydrogen) atoms. The Bertz CT molecular complexity index is 639. The van der Waals surface area contributed by atoms with Gasteiger partial charge in [0.05, 0.1) is 17.3 Å². The maximum Gasteiger partial charge on any atom is 0.192 e. The van der Waals surface area contributed by atoms with Gasteiger partial charge in [0, 0.05) is 26.1 Å². The summed E-state index contributed by atoms with van der Waals surface area (Å²) in [6.07, 6.45) is 4.95. The zero-order valence-electron chi connectivity index (χ0n) is 17.2. The minimum Gasteiger partial charge on any atom is -0.412 e. The maximum absolute atomic E-state index is 13.6. The lowest BCUT2D eigenvalue weighted by Crippen LogP contribution is -2.49. The van der Waals surface area contributed by atoms with E-state index in [4.69, 9.17) is 9.41 Å². The Kier molecular flexibility index (Phi) is 6.60. The number of halogens is 2. The van der Waals surface area contributed by atoms with Crippen molar-refractivity contribution in [2.75, 3.05) is 29.4 Å². The molecular formula is C19H33BrFN3OSSi. The van der Waals surface area contributed by atoms with Gasteiger partial charge < -0.3 is 14.2 Å². The number of anilines is 2. The van der Waals surface area contributed by atoms with Crippen LogP contribution in [-0.2, 0) is 4.43 Å². The third kappa shape index (κ3) is 5.06. The third-order valence-electron chi connectivity index (χ3n) is 6.15. The van der Waals surface area contributed by atoms with Crippen LogP contribution in [0.2, 0.25) is 18.1 Å². The summed E-state index contributed by atoms with van der Waals surface area (Å²) in [5, 5.41) is 2.43. The van der Waals surface area contributed by atoms with Crippen LogP contribution in [0.3, 0.4) is 0 Å². The molecule has 2 aliphatic rings. The summed E-state index contributed by atoms with van der Waals surface area (Å²) in [5.41, 5.74) is 0. The number of piperidine rings is 2. The van der Waals surface area contributed by atoms with Gasteiger partial charge in [-0.25, -0.2) is 9.37 Å². The fourth-order valence-electron chi connectivity index (χ4n) is 3.46. The van der Waals surface area contributed by atoms with Crippen molar-refractivity contribution < 1.29 is 8.82 Å². The molecule has 0 aliphatic carbocycles. The van der Waals surface area contributed by atoms with E-state index in [-0.39, 0.29) is 16.1 Å². The summed E-state index contributed by atoms with van der Waals surface area (Å²) in [6, 6.07) is 0. The average molecular weight is 479 g/mol. The van der Waals surface area contributed by atoms with Gasteiger partial charge in [-0.2, -0.15) is 0 Å². The number of aromatic nitrogens is 1. The van der Waals surface area contributed by atoms with Gasteiger partial charge in [-0.15, -0.1) is 0 Å². The van der Waals surface area contributed by atoms with Crippen LogP contribution < -0.4 is 9.80 Å². The van der Waals surface area contributed by atoms with E-state index in [1.54, 1.807) is 11.3 Å². The molecule has 0 radical (unpaired) electrons. The largest absolute Gasteiger partial charge is 0.412 e. The SMILES string of the molecule is CC(C)(C)[Si](C)(C)OC1CCCN(c2ncc(N3CCC(F)CC3Br)s2)C1. The molecule has 3 atom stereocenters. The Balaban J connectivity index is 1.64. The lowest BCUT2D eigenvalue weighted by molar-refractivity contribution is 0.160. The molecule has 0 amide bonds. The van der Waals surface area contributed by atoms with Crippen LogP contribution >= 0.6 is 27.3 Å². The van der Waals surface area contributed by atoms with Crippen molar-refractivity contribution in [3.63, 3.8) is 0 Å². The minimum atomic E-state index is -1.75. The van der Waals surface area contributed by atoms with Gasteiger partial charge in [0.15, 0.2) is 13.4 Å². The van der Waals surface area contributed by atoms with Crippen LogP contribution in [0.1, 0.15) is 46.5 Å². The molecule has 3 rings (SSSR count). The van der Waals surface area contributed by atoms with Gasteiger partial charge in [-0.3, -0.25) is 0 Å². The molecule has 154 valence electrons. The molecule has 0 aromatic carbocycles.